The number of rotatable bonds is 7. The van der Waals surface area contributed by atoms with E-state index in [1.807, 2.05) is 0 Å². The highest BCUT2D eigenvalue weighted by atomic mass is 35.5. The number of sulfonamides is 1. The van der Waals surface area contributed by atoms with E-state index >= 15 is 0 Å². The van der Waals surface area contributed by atoms with Crippen LogP contribution in [0, 0.1) is 6.92 Å². The van der Waals surface area contributed by atoms with Crippen LogP contribution in [0.5, 0.6) is 5.75 Å². The lowest BCUT2D eigenvalue weighted by molar-refractivity contribution is -0.114. The molecular weight excluding hydrogens is 424 g/mol. The van der Waals surface area contributed by atoms with Gasteiger partial charge in [0.2, 0.25) is 5.91 Å². The van der Waals surface area contributed by atoms with E-state index in [1.54, 1.807) is 67.6 Å². The van der Waals surface area contributed by atoms with Crippen LogP contribution < -0.4 is 14.4 Å². The van der Waals surface area contributed by atoms with Gasteiger partial charge in [0.15, 0.2) is 0 Å². The van der Waals surface area contributed by atoms with Crippen molar-refractivity contribution in [3.63, 3.8) is 0 Å². The fraction of sp³-hybridized carbons (Fsp3) is 0.136. The summed E-state index contributed by atoms with van der Waals surface area (Å²) in [6.07, 6.45) is 0. The van der Waals surface area contributed by atoms with Gasteiger partial charge < -0.3 is 10.1 Å². The number of hydrogen-bond acceptors (Lipinski definition) is 4. The number of anilines is 2. The van der Waals surface area contributed by atoms with Crippen molar-refractivity contribution >= 4 is 38.9 Å². The van der Waals surface area contributed by atoms with E-state index < -0.39 is 22.5 Å². The topological polar surface area (TPSA) is 75.7 Å². The number of aryl methyl sites for hydroxylation is 1. The lowest BCUT2D eigenvalue weighted by atomic mass is 10.2. The van der Waals surface area contributed by atoms with Crippen molar-refractivity contribution in [2.75, 3.05) is 23.3 Å². The largest absolute Gasteiger partial charge is 0.497 e. The van der Waals surface area contributed by atoms with Crippen molar-refractivity contribution in [1.29, 1.82) is 0 Å². The van der Waals surface area contributed by atoms with Gasteiger partial charge >= 0.3 is 0 Å². The Bertz CT molecular complexity index is 1150. The Kier molecular flexibility index (Phi) is 6.64. The van der Waals surface area contributed by atoms with E-state index in [9.17, 15) is 13.2 Å². The SMILES string of the molecule is COc1ccc(C)c(N(CC(=O)Nc2cccc(Cl)c2)S(=O)(=O)c2ccccc2)c1. The summed E-state index contributed by atoms with van der Waals surface area (Å²) in [6, 6.07) is 19.7. The smallest absolute Gasteiger partial charge is 0.264 e. The third-order valence-corrected chi connectivity index (χ3v) is 6.42. The average Bonchev–Trinajstić information content (AvgIpc) is 2.73. The first-order chi connectivity index (χ1) is 14.3. The highest BCUT2D eigenvalue weighted by Crippen LogP contribution is 2.30. The quantitative estimate of drug-likeness (QED) is 0.582. The summed E-state index contributed by atoms with van der Waals surface area (Å²) in [5.41, 5.74) is 1.53. The number of methoxy groups -OCH3 is 1. The van der Waals surface area contributed by atoms with Crippen molar-refractivity contribution in [3.05, 3.63) is 83.4 Å². The molecule has 156 valence electrons. The maximum absolute atomic E-state index is 13.4. The molecule has 0 aliphatic rings. The first-order valence-corrected chi connectivity index (χ1v) is 10.9. The number of nitrogens with zero attached hydrogens (tertiary/aromatic N) is 1. The van der Waals surface area contributed by atoms with Gasteiger partial charge in [-0.05, 0) is 48.9 Å². The van der Waals surface area contributed by atoms with Gasteiger partial charge in [0.05, 0.1) is 17.7 Å². The Balaban J connectivity index is 2.01. The zero-order valence-corrected chi connectivity index (χ0v) is 18.1. The van der Waals surface area contributed by atoms with Crippen LogP contribution in [-0.2, 0) is 14.8 Å². The molecule has 0 spiro atoms. The Morgan fingerprint density at radius 2 is 1.77 bits per heavy atom. The second-order valence-electron chi connectivity index (χ2n) is 6.54. The third-order valence-electron chi connectivity index (χ3n) is 4.41. The first-order valence-electron chi connectivity index (χ1n) is 9.09. The molecule has 0 bridgehead atoms. The molecule has 30 heavy (non-hydrogen) atoms. The molecule has 0 heterocycles. The van der Waals surface area contributed by atoms with E-state index in [0.717, 1.165) is 4.31 Å². The van der Waals surface area contributed by atoms with Crippen molar-refractivity contribution < 1.29 is 17.9 Å². The van der Waals surface area contributed by atoms with Crippen molar-refractivity contribution in [3.8, 4) is 5.75 Å². The maximum Gasteiger partial charge on any atom is 0.264 e. The van der Waals surface area contributed by atoms with Gasteiger partial charge in [0.1, 0.15) is 12.3 Å². The molecule has 0 unspecified atom stereocenters. The van der Waals surface area contributed by atoms with E-state index in [1.165, 1.54) is 19.2 Å². The molecule has 0 aliphatic carbocycles. The number of benzene rings is 3. The molecule has 0 saturated carbocycles. The number of carbonyl (C=O) groups excluding carboxylic acids is 1. The van der Waals surface area contributed by atoms with E-state index in [2.05, 4.69) is 5.32 Å². The summed E-state index contributed by atoms with van der Waals surface area (Å²) in [6.45, 7) is 1.36. The number of carbonyl (C=O) groups is 1. The Morgan fingerprint density at radius 1 is 1.03 bits per heavy atom. The molecular formula is C22H21ClN2O4S. The Labute approximate surface area is 181 Å². The average molecular weight is 445 g/mol. The van der Waals surface area contributed by atoms with Crippen LogP contribution in [0.1, 0.15) is 5.56 Å². The Morgan fingerprint density at radius 3 is 2.43 bits per heavy atom. The molecule has 1 amide bonds. The molecule has 8 heteroatoms. The monoisotopic (exact) mass is 444 g/mol. The molecule has 1 N–H and O–H groups in total. The molecule has 0 aromatic heterocycles. The summed E-state index contributed by atoms with van der Waals surface area (Å²) >= 11 is 5.97. The maximum atomic E-state index is 13.4. The zero-order chi connectivity index (χ0) is 21.7. The standard InChI is InChI=1S/C22H21ClN2O4S/c1-16-11-12-19(29-2)14-21(16)25(30(27,28)20-9-4-3-5-10-20)15-22(26)24-18-8-6-7-17(23)13-18/h3-14H,15H2,1-2H3,(H,24,26). The van der Waals surface area contributed by atoms with Crippen LogP contribution in [-0.4, -0.2) is 28.0 Å². The molecule has 0 radical (unpaired) electrons. The highest BCUT2D eigenvalue weighted by Gasteiger charge is 2.28. The van der Waals surface area contributed by atoms with Crippen LogP contribution >= 0.6 is 11.6 Å². The first kappa shape index (κ1) is 21.7. The second-order valence-corrected chi connectivity index (χ2v) is 8.83. The van der Waals surface area contributed by atoms with Gasteiger partial charge in [-0.15, -0.1) is 0 Å². The fourth-order valence-electron chi connectivity index (χ4n) is 2.90. The molecule has 3 aromatic rings. The van der Waals surface area contributed by atoms with Crippen LogP contribution in [0.2, 0.25) is 5.02 Å². The van der Waals surface area contributed by atoms with Gasteiger partial charge in [0, 0.05) is 16.8 Å². The summed E-state index contributed by atoms with van der Waals surface area (Å²) in [5.74, 6) is -0.0156. The van der Waals surface area contributed by atoms with E-state index in [0.29, 0.717) is 27.7 Å². The van der Waals surface area contributed by atoms with Gasteiger partial charge in [-0.2, -0.15) is 0 Å². The normalized spacial score (nSPS) is 11.0. The van der Waals surface area contributed by atoms with Crippen LogP contribution in [0.25, 0.3) is 0 Å². The number of hydrogen-bond donors (Lipinski definition) is 1. The zero-order valence-electron chi connectivity index (χ0n) is 16.5. The van der Waals surface area contributed by atoms with Gasteiger partial charge in [-0.25, -0.2) is 8.42 Å². The van der Waals surface area contributed by atoms with Gasteiger partial charge in [-0.3, -0.25) is 9.10 Å². The predicted molar refractivity (Wildman–Crippen MR) is 119 cm³/mol. The highest BCUT2D eigenvalue weighted by molar-refractivity contribution is 7.92. The molecule has 0 saturated heterocycles. The number of amides is 1. The minimum absolute atomic E-state index is 0.0859. The lowest BCUT2D eigenvalue weighted by Gasteiger charge is -2.26. The molecule has 6 nitrogen and oxygen atoms in total. The minimum atomic E-state index is -4.01. The summed E-state index contributed by atoms with van der Waals surface area (Å²) in [4.78, 5) is 12.8. The lowest BCUT2D eigenvalue weighted by Crippen LogP contribution is -2.38. The molecule has 0 fully saturated rings. The van der Waals surface area contributed by atoms with Gasteiger partial charge in [0.25, 0.3) is 10.0 Å². The van der Waals surface area contributed by atoms with Crippen LogP contribution in [0.15, 0.2) is 77.7 Å². The van der Waals surface area contributed by atoms with E-state index in [-0.39, 0.29) is 4.90 Å². The Hall–Kier alpha value is -3.03. The third kappa shape index (κ3) is 4.93. The minimum Gasteiger partial charge on any atom is -0.497 e. The number of halogens is 1. The van der Waals surface area contributed by atoms with Crippen LogP contribution in [0.3, 0.4) is 0 Å². The van der Waals surface area contributed by atoms with Crippen LogP contribution in [0.4, 0.5) is 11.4 Å². The fourth-order valence-corrected chi connectivity index (χ4v) is 4.59. The molecule has 0 atom stereocenters. The van der Waals surface area contributed by atoms with Crippen molar-refractivity contribution in [2.24, 2.45) is 0 Å². The second kappa shape index (κ2) is 9.19. The number of ether oxygens (including phenoxy) is 1. The van der Waals surface area contributed by atoms with Crippen molar-refractivity contribution in [2.45, 2.75) is 11.8 Å². The predicted octanol–water partition coefficient (Wildman–Crippen LogP) is 4.49. The summed E-state index contributed by atoms with van der Waals surface area (Å²) in [7, 11) is -2.51. The molecule has 3 aromatic carbocycles. The number of nitrogens with one attached hydrogen (secondary N) is 1. The summed E-state index contributed by atoms with van der Waals surface area (Å²) < 4.78 is 33.2. The molecule has 3 rings (SSSR count). The van der Waals surface area contributed by atoms with Crippen molar-refractivity contribution in [1.82, 2.24) is 0 Å². The molecule has 0 aliphatic heterocycles. The van der Waals surface area contributed by atoms with E-state index in [4.69, 9.17) is 16.3 Å². The summed E-state index contributed by atoms with van der Waals surface area (Å²) in [5, 5.41) is 3.16. The van der Waals surface area contributed by atoms with Gasteiger partial charge in [-0.1, -0.05) is 41.9 Å².